The number of halogens is 4. The van der Waals surface area contributed by atoms with Crippen molar-refractivity contribution in [3.05, 3.63) is 35.9 Å². The van der Waals surface area contributed by atoms with Gasteiger partial charge in [0.1, 0.15) is 6.61 Å². The Morgan fingerprint density at radius 3 is 2.22 bits per heavy atom. The number of carbonyl (C=O) groups is 1. The lowest BCUT2D eigenvalue weighted by atomic mass is 9.97. The van der Waals surface area contributed by atoms with Crippen molar-refractivity contribution in [2.24, 2.45) is 0 Å². The number of benzene rings is 1. The lowest BCUT2D eigenvalue weighted by Gasteiger charge is -2.41. The highest BCUT2D eigenvalue weighted by molar-refractivity contribution is 9.09. The van der Waals surface area contributed by atoms with Gasteiger partial charge in [0, 0.05) is 18.4 Å². The molecule has 0 heterocycles. The zero-order valence-corrected chi connectivity index (χ0v) is 24.8. The van der Waals surface area contributed by atoms with Crippen LogP contribution in [0.2, 0.25) is 18.1 Å². The smallest absolute Gasteiger partial charge is 0.409 e. The van der Waals surface area contributed by atoms with Gasteiger partial charge in [-0.2, -0.15) is 0 Å². The highest BCUT2D eigenvalue weighted by Gasteiger charge is 2.40. The number of rotatable bonds is 11. The Balaban J connectivity index is 3.13. The predicted octanol–water partition coefficient (Wildman–Crippen LogP) is 8.51. The first kappa shape index (κ1) is 30.0. The van der Waals surface area contributed by atoms with Crippen molar-refractivity contribution in [1.82, 2.24) is 4.90 Å². The molecular weight excluding hydrogens is 553 g/mol. The average Bonchev–Trinajstić information content (AvgIpc) is 2.69. The van der Waals surface area contributed by atoms with Crippen molar-refractivity contribution in [1.29, 1.82) is 0 Å². The van der Waals surface area contributed by atoms with Crippen molar-refractivity contribution >= 4 is 65.1 Å². The first-order chi connectivity index (χ1) is 14.7. The quantitative estimate of drug-likeness (QED) is 0.148. The van der Waals surface area contributed by atoms with Gasteiger partial charge < -0.3 is 14.1 Å². The van der Waals surface area contributed by atoms with Gasteiger partial charge in [-0.1, -0.05) is 108 Å². The summed E-state index contributed by atoms with van der Waals surface area (Å²) in [6.07, 6.45) is 2.85. The van der Waals surface area contributed by atoms with Gasteiger partial charge in [0.25, 0.3) is 0 Å². The summed E-state index contributed by atoms with van der Waals surface area (Å²) in [6.45, 7) is 10.9. The van der Waals surface area contributed by atoms with Crippen molar-refractivity contribution in [3.8, 4) is 0 Å². The highest BCUT2D eigenvalue weighted by atomic mass is 79.9. The molecule has 0 N–H and O–H groups in total. The first-order valence-electron chi connectivity index (χ1n) is 10.9. The number of nitrogens with zero attached hydrogens (tertiary/aromatic N) is 1. The number of hydrogen-bond donors (Lipinski definition) is 0. The molecule has 0 bridgehead atoms. The van der Waals surface area contributed by atoms with Crippen LogP contribution in [0.5, 0.6) is 0 Å². The maximum Gasteiger partial charge on any atom is 0.409 e. The van der Waals surface area contributed by atoms with Crippen LogP contribution in [0.3, 0.4) is 0 Å². The fourth-order valence-electron chi connectivity index (χ4n) is 3.04. The summed E-state index contributed by atoms with van der Waals surface area (Å²) >= 11 is 20.8. The van der Waals surface area contributed by atoms with E-state index < -0.39 is 18.2 Å². The molecule has 184 valence electrons. The van der Waals surface area contributed by atoms with Gasteiger partial charge in [0.15, 0.2) is 8.32 Å². The number of amides is 1. The van der Waals surface area contributed by atoms with E-state index in [1.165, 1.54) is 0 Å². The molecule has 0 aliphatic heterocycles. The van der Waals surface area contributed by atoms with Crippen molar-refractivity contribution in [2.75, 3.05) is 19.0 Å². The highest BCUT2D eigenvalue weighted by Crippen LogP contribution is 2.41. The normalized spacial score (nSPS) is 14.7. The minimum atomic E-state index is -2.05. The van der Waals surface area contributed by atoms with Crippen molar-refractivity contribution in [3.63, 3.8) is 0 Å². The Labute approximate surface area is 218 Å². The summed E-state index contributed by atoms with van der Waals surface area (Å²) in [5.41, 5.74) is 1.12. The maximum absolute atomic E-state index is 12.7. The molecule has 1 aromatic rings. The molecule has 0 aromatic heterocycles. The van der Waals surface area contributed by atoms with E-state index >= 15 is 0 Å². The third-order valence-corrected chi connectivity index (χ3v) is 11.4. The molecule has 1 rings (SSSR count). The van der Waals surface area contributed by atoms with Gasteiger partial charge in [0.05, 0.1) is 6.10 Å². The van der Waals surface area contributed by atoms with Gasteiger partial charge in [-0.25, -0.2) is 4.79 Å². The molecule has 2 atom stereocenters. The van der Waals surface area contributed by atoms with E-state index in [1.54, 1.807) is 11.9 Å². The van der Waals surface area contributed by atoms with E-state index in [9.17, 15) is 4.79 Å². The Bertz CT molecular complexity index is 696. The zero-order chi connectivity index (χ0) is 24.6. The standard InChI is InChI=1S/C23H37BrCl3NO3Si/c1-22(2,3)32(5,6)31-20(18-12-8-7-9-13-18)16-19(14-10-11-15-24)28(4)21(29)30-17-23(25,26)27/h7-9,12-13,19-20H,10-11,14-17H2,1-6H3/t19-,20-/m0/s1. The third kappa shape index (κ3) is 10.5. The third-order valence-electron chi connectivity index (χ3n) is 6.02. The fraction of sp³-hybridized carbons (Fsp3) is 0.696. The second-order valence-corrected chi connectivity index (χ2v) is 17.7. The molecule has 0 unspecified atom stereocenters. The molecule has 0 saturated carbocycles. The molecular formula is C23H37BrCl3NO3Si. The van der Waals surface area contributed by atoms with Gasteiger partial charge in [-0.3, -0.25) is 0 Å². The average molecular weight is 590 g/mol. The Kier molecular flexibility index (Phi) is 12.4. The van der Waals surface area contributed by atoms with E-state index in [2.05, 4.69) is 61.9 Å². The van der Waals surface area contributed by atoms with Crippen LogP contribution in [0.1, 0.15) is 58.1 Å². The molecule has 1 aromatic carbocycles. The van der Waals surface area contributed by atoms with Crippen molar-refractivity contribution < 1.29 is 14.0 Å². The van der Waals surface area contributed by atoms with E-state index in [4.69, 9.17) is 44.0 Å². The number of hydrogen-bond acceptors (Lipinski definition) is 3. The lowest BCUT2D eigenvalue weighted by molar-refractivity contribution is 0.0773. The molecule has 9 heteroatoms. The maximum atomic E-state index is 12.7. The molecule has 32 heavy (non-hydrogen) atoms. The topological polar surface area (TPSA) is 38.8 Å². The minimum absolute atomic E-state index is 0.0701. The van der Waals surface area contributed by atoms with E-state index in [0.717, 1.165) is 30.2 Å². The fourth-order valence-corrected chi connectivity index (χ4v) is 4.90. The molecule has 0 saturated heterocycles. The number of ether oxygens (including phenoxy) is 1. The zero-order valence-electron chi connectivity index (χ0n) is 20.0. The Hall–Kier alpha value is 0.0169. The van der Waals surface area contributed by atoms with E-state index in [-0.39, 0.29) is 23.8 Å². The number of alkyl halides is 4. The summed E-state index contributed by atoms with van der Waals surface area (Å²) < 4.78 is 10.5. The lowest BCUT2D eigenvalue weighted by Crippen LogP contribution is -2.44. The van der Waals surface area contributed by atoms with Crippen LogP contribution in [-0.4, -0.2) is 48.1 Å². The Morgan fingerprint density at radius 2 is 1.72 bits per heavy atom. The predicted molar refractivity (Wildman–Crippen MR) is 143 cm³/mol. The summed E-state index contributed by atoms with van der Waals surface area (Å²) in [7, 11) is -0.308. The minimum Gasteiger partial charge on any atom is -0.445 e. The summed E-state index contributed by atoms with van der Waals surface area (Å²) in [5, 5.41) is 0.991. The first-order valence-corrected chi connectivity index (χ1v) is 16.1. The van der Waals surface area contributed by atoms with Crippen LogP contribution in [-0.2, 0) is 9.16 Å². The number of unbranched alkanes of at least 4 members (excludes halogenated alkanes) is 1. The Morgan fingerprint density at radius 1 is 1.12 bits per heavy atom. The van der Waals surface area contributed by atoms with E-state index in [0.29, 0.717) is 6.42 Å². The van der Waals surface area contributed by atoms with E-state index in [1.807, 2.05) is 18.2 Å². The number of carbonyl (C=O) groups excluding carboxylic acids is 1. The van der Waals surface area contributed by atoms with Crippen LogP contribution >= 0.6 is 50.7 Å². The van der Waals surface area contributed by atoms with Crippen molar-refractivity contribution in [2.45, 2.75) is 80.5 Å². The summed E-state index contributed by atoms with van der Waals surface area (Å²) in [6, 6.07) is 10.2. The van der Waals surface area contributed by atoms with Gasteiger partial charge in [-0.15, -0.1) is 0 Å². The molecule has 0 fully saturated rings. The molecule has 0 radical (unpaired) electrons. The molecule has 0 aliphatic rings. The summed E-state index contributed by atoms with van der Waals surface area (Å²) in [4.78, 5) is 14.3. The monoisotopic (exact) mass is 587 g/mol. The molecule has 0 aliphatic carbocycles. The summed E-state index contributed by atoms with van der Waals surface area (Å²) in [5.74, 6) is 0. The van der Waals surface area contributed by atoms with Crippen LogP contribution in [0.4, 0.5) is 4.79 Å². The second-order valence-electron chi connectivity index (χ2n) is 9.63. The van der Waals surface area contributed by atoms with Crippen LogP contribution in [0.25, 0.3) is 0 Å². The SMILES string of the molecule is CN(C(=O)OCC(Cl)(Cl)Cl)[C@@H](CCCCBr)C[C@H](O[Si](C)(C)C(C)(C)C)c1ccccc1. The van der Waals surface area contributed by atoms with Gasteiger partial charge >= 0.3 is 6.09 Å². The van der Waals surface area contributed by atoms with Crippen LogP contribution in [0.15, 0.2) is 30.3 Å². The van der Waals surface area contributed by atoms with Crippen LogP contribution in [0, 0.1) is 0 Å². The van der Waals surface area contributed by atoms with Crippen LogP contribution < -0.4 is 0 Å². The molecule has 0 spiro atoms. The van der Waals surface area contributed by atoms with Gasteiger partial charge in [0.2, 0.25) is 3.79 Å². The van der Waals surface area contributed by atoms with Gasteiger partial charge in [-0.05, 0) is 43.0 Å². The second kappa shape index (κ2) is 13.2. The molecule has 1 amide bonds. The molecule has 4 nitrogen and oxygen atoms in total. The largest absolute Gasteiger partial charge is 0.445 e.